The topological polar surface area (TPSA) is 58.1 Å². The molecule has 6 nitrogen and oxygen atoms in total. The third-order valence-electron chi connectivity index (χ3n) is 5.36. The van der Waals surface area contributed by atoms with E-state index in [2.05, 4.69) is 38.7 Å². The first-order valence-electron chi connectivity index (χ1n) is 10.2. The third-order valence-corrected chi connectivity index (χ3v) is 5.36. The van der Waals surface area contributed by atoms with Gasteiger partial charge in [-0.3, -0.25) is 9.89 Å². The van der Waals surface area contributed by atoms with Gasteiger partial charge >= 0.3 is 0 Å². The van der Waals surface area contributed by atoms with Crippen LogP contribution in [-0.2, 0) is 6.54 Å². The van der Waals surface area contributed by atoms with Gasteiger partial charge < -0.3 is 20.1 Å². The van der Waals surface area contributed by atoms with E-state index in [9.17, 15) is 0 Å². The van der Waals surface area contributed by atoms with Crippen LogP contribution in [0.5, 0.6) is 11.5 Å². The Hall–Kier alpha value is -2.00. The van der Waals surface area contributed by atoms with Gasteiger partial charge in [0.05, 0.1) is 20.3 Å². The van der Waals surface area contributed by atoms with Gasteiger partial charge in [-0.05, 0) is 49.7 Å². The summed E-state index contributed by atoms with van der Waals surface area (Å²) < 4.78 is 10.9. The average molecular weight is 524 g/mol. The van der Waals surface area contributed by atoms with Crippen LogP contribution < -0.4 is 20.1 Å². The molecule has 0 amide bonds. The van der Waals surface area contributed by atoms with Crippen molar-refractivity contribution in [3.05, 3.63) is 59.7 Å². The van der Waals surface area contributed by atoms with Crippen LogP contribution in [0.3, 0.4) is 0 Å². The summed E-state index contributed by atoms with van der Waals surface area (Å²) in [6.07, 6.45) is 2.49. The number of nitrogens with one attached hydrogen (secondary N) is 2. The number of methoxy groups -OCH3 is 2. The molecule has 3 rings (SSSR count). The third kappa shape index (κ3) is 6.50. The standard InChI is InChI=1S/C23H32N4O2.HI/c1-24-23(25-16-18-9-8-10-19(15-18)28-2)26-17-21(27-13-6-7-14-27)20-11-4-5-12-22(20)29-3;/h4-5,8-12,15,21H,6-7,13-14,16-17H2,1-3H3,(H2,24,25,26);1H. The number of halogens is 1. The van der Waals surface area contributed by atoms with Gasteiger partial charge in [-0.15, -0.1) is 24.0 Å². The second kappa shape index (κ2) is 12.6. The molecule has 0 saturated carbocycles. The highest BCUT2D eigenvalue weighted by Gasteiger charge is 2.26. The zero-order valence-electron chi connectivity index (χ0n) is 18.1. The largest absolute Gasteiger partial charge is 0.497 e. The van der Waals surface area contributed by atoms with E-state index >= 15 is 0 Å². The number of hydrogen-bond acceptors (Lipinski definition) is 4. The SMILES string of the molecule is CN=C(NCc1cccc(OC)c1)NCC(c1ccccc1OC)N1CCCC1.I. The molecule has 164 valence electrons. The van der Waals surface area contributed by atoms with Crippen molar-refractivity contribution in [3.63, 3.8) is 0 Å². The Kier molecular flexibility index (Phi) is 10.2. The summed E-state index contributed by atoms with van der Waals surface area (Å²) in [7, 11) is 5.22. The minimum atomic E-state index is 0. The van der Waals surface area contributed by atoms with E-state index in [1.165, 1.54) is 18.4 Å². The Balaban J connectivity index is 0.00000320. The van der Waals surface area contributed by atoms with E-state index in [0.717, 1.165) is 42.7 Å². The van der Waals surface area contributed by atoms with Crippen molar-refractivity contribution < 1.29 is 9.47 Å². The van der Waals surface area contributed by atoms with Crippen molar-refractivity contribution in [3.8, 4) is 11.5 Å². The molecule has 1 atom stereocenters. The lowest BCUT2D eigenvalue weighted by atomic mass is 10.0. The summed E-state index contributed by atoms with van der Waals surface area (Å²) in [6.45, 7) is 3.67. The molecule has 2 aromatic carbocycles. The van der Waals surface area contributed by atoms with Crippen LogP contribution in [0.15, 0.2) is 53.5 Å². The molecule has 2 N–H and O–H groups in total. The number of para-hydroxylation sites is 1. The number of guanidine groups is 1. The number of rotatable bonds is 8. The lowest BCUT2D eigenvalue weighted by molar-refractivity contribution is 0.239. The Bertz CT molecular complexity index is 809. The predicted molar refractivity (Wildman–Crippen MR) is 133 cm³/mol. The molecule has 1 aliphatic heterocycles. The van der Waals surface area contributed by atoms with E-state index in [0.29, 0.717) is 6.54 Å². The smallest absolute Gasteiger partial charge is 0.191 e. The molecule has 0 spiro atoms. The van der Waals surface area contributed by atoms with E-state index in [4.69, 9.17) is 9.47 Å². The first-order chi connectivity index (χ1) is 14.2. The van der Waals surface area contributed by atoms with E-state index in [1.807, 2.05) is 30.3 Å². The summed E-state index contributed by atoms with van der Waals surface area (Å²) in [5.74, 6) is 2.58. The van der Waals surface area contributed by atoms with Crippen LogP contribution in [0.2, 0.25) is 0 Å². The first kappa shape index (κ1) is 24.3. The molecule has 30 heavy (non-hydrogen) atoms. The van der Waals surface area contributed by atoms with Gasteiger partial charge in [0.15, 0.2) is 5.96 Å². The predicted octanol–water partition coefficient (Wildman–Crippen LogP) is 3.82. The van der Waals surface area contributed by atoms with Crippen LogP contribution in [0.1, 0.15) is 30.0 Å². The molecule has 7 heteroatoms. The molecule has 1 heterocycles. The zero-order valence-corrected chi connectivity index (χ0v) is 20.4. The van der Waals surface area contributed by atoms with Crippen LogP contribution in [0.4, 0.5) is 0 Å². The number of nitrogens with zero attached hydrogens (tertiary/aromatic N) is 2. The molecule has 1 aliphatic rings. The summed E-state index contributed by atoms with van der Waals surface area (Å²) in [6, 6.07) is 16.6. The molecule has 1 fully saturated rings. The fourth-order valence-electron chi connectivity index (χ4n) is 3.81. The highest BCUT2D eigenvalue weighted by Crippen LogP contribution is 2.31. The lowest BCUT2D eigenvalue weighted by Crippen LogP contribution is -2.42. The van der Waals surface area contributed by atoms with E-state index in [-0.39, 0.29) is 30.0 Å². The molecule has 1 saturated heterocycles. The molecule has 1 unspecified atom stereocenters. The van der Waals surface area contributed by atoms with Crippen molar-refractivity contribution in [2.45, 2.75) is 25.4 Å². The highest BCUT2D eigenvalue weighted by atomic mass is 127. The summed E-state index contributed by atoms with van der Waals surface area (Å²) >= 11 is 0. The fraction of sp³-hybridized carbons (Fsp3) is 0.435. The molecule has 0 bridgehead atoms. The molecule has 0 radical (unpaired) electrons. The fourth-order valence-corrected chi connectivity index (χ4v) is 3.81. The summed E-state index contributed by atoms with van der Waals surface area (Å²) in [4.78, 5) is 6.92. The number of hydrogen-bond donors (Lipinski definition) is 2. The second-order valence-electron chi connectivity index (χ2n) is 7.16. The van der Waals surface area contributed by atoms with Gasteiger partial charge in [-0.25, -0.2) is 0 Å². The maximum Gasteiger partial charge on any atom is 0.191 e. The summed E-state index contributed by atoms with van der Waals surface area (Å²) in [5, 5.41) is 6.90. The first-order valence-corrected chi connectivity index (χ1v) is 10.2. The van der Waals surface area contributed by atoms with Crippen LogP contribution >= 0.6 is 24.0 Å². The Morgan fingerprint density at radius 1 is 1.03 bits per heavy atom. The molecular formula is C23H33IN4O2. The monoisotopic (exact) mass is 524 g/mol. The number of likely N-dealkylation sites (tertiary alicyclic amines) is 1. The molecule has 2 aromatic rings. The summed E-state index contributed by atoms with van der Waals surface area (Å²) in [5.41, 5.74) is 2.36. The van der Waals surface area contributed by atoms with Gasteiger partial charge in [0, 0.05) is 25.7 Å². The highest BCUT2D eigenvalue weighted by molar-refractivity contribution is 14.0. The lowest BCUT2D eigenvalue weighted by Gasteiger charge is -2.30. The maximum atomic E-state index is 5.63. The van der Waals surface area contributed by atoms with Gasteiger partial charge in [0.25, 0.3) is 0 Å². The average Bonchev–Trinajstić information content (AvgIpc) is 3.31. The van der Waals surface area contributed by atoms with Crippen molar-refractivity contribution in [2.75, 3.05) is 40.9 Å². The number of aliphatic imine (C=N–C) groups is 1. The Morgan fingerprint density at radius 2 is 1.80 bits per heavy atom. The van der Waals surface area contributed by atoms with Gasteiger partial charge in [-0.2, -0.15) is 0 Å². The number of ether oxygens (including phenoxy) is 2. The maximum absolute atomic E-state index is 5.63. The van der Waals surface area contributed by atoms with Gasteiger partial charge in [0.1, 0.15) is 11.5 Å². The second-order valence-corrected chi connectivity index (χ2v) is 7.16. The molecular weight excluding hydrogens is 491 g/mol. The van der Waals surface area contributed by atoms with Crippen molar-refractivity contribution in [1.82, 2.24) is 15.5 Å². The zero-order chi connectivity index (χ0) is 20.5. The van der Waals surface area contributed by atoms with Crippen LogP contribution in [-0.4, -0.2) is 51.8 Å². The Labute approximate surface area is 197 Å². The van der Waals surface area contributed by atoms with Crippen molar-refractivity contribution in [2.24, 2.45) is 4.99 Å². The van der Waals surface area contributed by atoms with Crippen molar-refractivity contribution in [1.29, 1.82) is 0 Å². The van der Waals surface area contributed by atoms with Crippen LogP contribution in [0.25, 0.3) is 0 Å². The van der Waals surface area contributed by atoms with Crippen LogP contribution in [0, 0.1) is 0 Å². The minimum absolute atomic E-state index is 0. The molecule has 0 aromatic heterocycles. The minimum Gasteiger partial charge on any atom is -0.497 e. The molecule has 0 aliphatic carbocycles. The van der Waals surface area contributed by atoms with Crippen molar-refractivity contribution >= 4 is 29.9 Å². The van der Waals surface area contributed by atoms with E-state index in [1.54, 1.807) is 21.3 Å². The van der Waals surface area contributed by atoms with Gasteiger partial charge in [0.2, 0.25) is 0 Å². The number of benzene rings is 2. The normalized spacial score (nSPS) is 15.2. The quantitative estimate of drug-likeness (QED) is 0.313. The van der Waals surface area contributed by atoms with E-state index < -0.39 is 0 Å². The Morgan fingerprint density at radius 3 is 2.50 bits per heavy atom. The van der Waals surface area contributed by atoms with Gasteiger partial charge in [-0.1, -0.05) is 30.3 Å².